The van der Waals surface area contributed by atoms with Gasteiger partial charge in [0.2, 0.25) is 0 Å². The first-order valence-corrected chi connectivity index (χ1v) is 9.73. The van der Waals surface area contributed by atoms with Crippen molar-refractivity contribution < 1.29 is 9.53 Å². The highest BCUT2D eigenvalue weighted by atomic mass is 28.4. The van der Waals surface area contributed by atoms with Gasteiger partial charge in [-0.05, 0) is 43.5 Å². The van der Waals surface area contributed by atoms with E-state index < -0.39 is 8.32 Å². The number of rotatable bonds is 3. The molecule has 104 valence electrons. The zero-order chi connectivity index (χ0) is 14.0. The largest absolute Gasteiger partial charge is 0.413 e. The van der Waals surface area contributed by atoms with E-state index in [4.69, 9.17) is 9.53 Å². The number of hydrogen-bond acceptors (Lipinski definition) is 2. The zero-order valence-electron chi connectivity index (χ0n) is 12.7. The Labute approximate surface area is 113 Å². The molecule has 0 aromatic heterocycles. The third-order valence-corrected chi connectivity index (χ3v) is 8.78. The second kappa shape index (κ2) is 5.72. The Hall–Kier alpha value is -0.383. The lowest BCUT2D eigenvalue weighted by Gasteiger charge is -2.40. The lowest BCUT2D eigenvalue weighted by Crippen LogP contribution is -2.44. The van der Waals surface area contributed by atoms with Gasteiger partial charge < -0.3 is 9.53 Å². The van der Waals surface area contributed by atoms with Gasteiger partial charge in [0.25, 0.3) is 0 Å². The summed E-state index contributed by atoms with van der Waals surface area (Å²) in [6.45, 7) is 13.6. The molecule has 1 aliphatic rings. The Morgan fingerprint density at radius 1 is 1.44 bits per heavy atom. The van der Waals surface area contributed by atoms with Crippen LogP contribution >= 0.6 is 0 Å². The molecule has 0 radical (unpaired) electrons. The number of hydrogen-bond donors (Lipinski definition) is 1. The van der Waals surface area contributed by atoms with Crippen LogP contribution in [0.1, 0.15) is 40.5 Å². The van der Waals surface area contributed by atoms with Gasteiger partial charge in [-0.3, -0.25) is 0 Å². The third kappa shape index (κ3) is 3.80. The Kier molecular flexibility index (Phi) is 4.98. The highest BCUT2D eigenvalue weighted by Crippen LogP contribution is 2.39. The molecule has 0 spiro atoms. The summed E-state index contributed by atoms with van der Waals surface area (Å²) >= 11 is 0. The number of aliphatic hydroxyl groups excluding tert-OH is 1. The summed E-state index contributed by atoms with van der Waals surface area (Å²) < 4.78 is 6.44. The predicted octanol–water partition coefficient (Wildman–Crippen LogP) is 4.04. The first-order valence-electron chi connectivity index (χ1n) is 6.82. The molecule has 1 atom stereocenters. The maximum Gasteiger partial charge on any atom is 0.192 e. The SMILES string of the molecule is CC1=CC[C@H](O[Si](C)(C)C(C)(C)C)C/C1=C\CO. The van der Waals surface area contributed by atoms with Gasteiger partial charge in [-0.2, -0.15) is 0 Å². The minimum absolute atomic E-state index is 0.118. The van der Waals surface area contributed by atoms with Gasteiger partial charge in [0.15, 0.2) is 8.32 Å². The van der Waals surface area contributed by atoms with Crippen molar-refractivity contribution in [1.82, 2.24) is 0 Å². The van der Waals surface area contributed by atoms with Crippen LogP contribution < -0.4 is 0 Å². The fraction of sp³-hybridized carbons (Fsp3) is 0.733. The van der Waals surface area contributed by atoms with Gasteiger partial charge in [0.1, 0.15) is 0 Å². The van der Waals surface area contributed by atoms with Gasteiger partial charge >= 0.3 is 0 Å². The van der Waals surface area contributed by atoms with Crippen LogP contribution in [0.3, 0.4) is 0 Å². The van der Waals surface area contributed by atoms with E-state index in [1.54, 1.807) is 0 Å². The van der Waals surface area contributed by atoms with Crippen LogP contribution in [0.4, 0.5) is 0 Å². The van der Waals surface area contributed by atoms with Crippen LogP contribution in [-0.4, -0.2) is 26.1 Å². The summed E-state index contributed by atoms with van der Waals surface area (Å²) in [4.78, 5) is 0. The maximum atomic E-state index is 9.05. The first kappa shape index (κ1) is 15.7. The molecule has 0 aromatic carbocycles. The van der Waals surface area contributed by atoms with Crippen molar-refractivity contribution in [1.29, 1.82) is 0 Å². The van der Waals surface area contributed by atoms with Crippen molar-refractivity contribution in [3.8, 4) is 0 Å². The molecule has 1 N–H and O–H groups in total. The molecule has 0 saturated carbocycles. The Balaban J connectivity index is 2.75. The van der Waals surface area contributed by atoms with E-state index >= 15 is 0 Å². The number of allylic oxidation sites excluding steroid dienone is 1. The van der Waals surface area contributed by atoms with Crippen LogP contribution in [0.2, 0.25) is 18.1 Å². The van der Waals surface area contributed by atoms with Gasteiger partial charge in [-0.25, -0.2) is 0 Å². The smallest absolute Gasteiger partial charge is 0.192 e. The van der Waals surface area contributed by atoms with E-state index in [-0.39, 0.29) is 17.7 Å². The molecule has 18 heavy (non-hydrogen) atoms. The van der Waals surface area contributed by atoms with Gasteiger partial charge in [-0.1, -0.05) is 38.5 Å². The fourth-order valence-corrected chi connectivity index (χ4v) is 3.33. The summed E-state index contributed by atoms with van der Waals surface area (Å²) in [5.41, 5.74) is 2.53. The second-order valence-electron chi connectivity index (χ2n) is 6.74. The summed E-state index contributed by atoms with van der Waals surface area (Å²) in [5.74, 6) is 0. The normalized spacial score (nSPS) is 24.3. The topological polar surface area (TPSA) is 29.5 Å². The molecule has 2 nitrogen and oxygen atoms in total. The minimum atomic E-state index is -1.69. The first-order chi connectivity index (χ1) is 8.17. The molecule has 1 rings (SSSR count). The zero-order valence-corrected chi connectivity index (χ0v) is 13.7. The molecule has 0 bridgehead atoms. The molecule has 0 aromatic rings. The summed E-state index contributed by atoms with van der Waals surface area (Å²) in [6.07, 6.45) is 6.37. The van der Waals surface area contributed by atoms with Crippen molar-refractivity contribution in [2.45, 2.75) is 64.8 Å². The minimum Gasteiger partial charge on any atom is -0.413 e. The second-order valence-corrected chi connectivity index (χ2v) is 11.5. The van der Waals surface area contributed by atoms with Crippen molar-refractivity contribution >= 4 is 8.32 Å². The molecular formula is C15H28O2Si. The van der Waals surface area contributed by atoms with E-state index in [0.29, 0.717) is 0 Å². The van der Waals surface area contributed by atoms with Crippen LogP contribution in [-0.2, 0) is 4.43 Å². The molecule has 0 saturated heterocycles. The summed E-state index contributed by atoms with van der Waals surface area (Å²) in [7, 11) is -1.69. The molecule has 3 heteroatoms. The van der Waals surface area contributed by atoms with Crippen LogP contribution in [0.25, 0.3) is 0 Å². The number of aliphatic hydroxyl groups is 1. The average molecular weight is 268 g/mol. The molecule has 0 unspecified atom stereocenters. The van der Waals surface area contributed by atoms with Crippen LogP contribution in [0.15, 0.2) is 23.3 Å². The van der Waals surface area contributed by atoms with Crippen molar-refractivity contribution in [2.24, 2.45) is 0 Å². The predicted molar refractivity (Wildman–Crippen MR) is 80.2 cm³/mol. The molecule has 1 aliphatic carbocycles. The Morgan fingerprint density at radius 2 is 2.06 bits per heavy atom. The summed E-state index contributed by atoms with van der Waals surface area (Å²) in [5, 5.41) is 9.30. The average Bonchev–Trinajstić information content (AvgIpc) is 2.21. The van der Waals surface area contributed by atoms with Crippen molar-refractivity contribution in [2.75, 3.05) is 6.61 Å². The monoisotopic (exact) mass is 268 g/mol. The van der Waals surface area contributed by atoms with E-state index in [1.165, 1.54) is 11.1 Å². The highest BCUT2D eigenvalue weighted by molar-refractivity contribution is 6.74. The maximum absolute atomic E-state index is 9.05. The molecule has 0 fully saturated rings. The van der Waals surface area contributed by atoms with E-state index in [2.05, 4.69) is 46.9 Å². The lowest BCUT2D eigenvalue weighted by molar-refractivity contribution is 0.180. The quantitative estimate of drug-likeness (QED) is 0.783. The van der Waals surface area contributed by atoms with Crippen molar-refractivity contribution in [3.05, 3.63) is 23.3 Å². The molecule has 0 amide bonds. The van der Waals surface area contributed by atoms with Gasteiger partial charge in [-0.15, -0.1) is 0 Å². The molecule has 0 heterocycles. The van der Waals surface area contributed by atoms with E-state index in [0.717, 1.165) is 12.8 Å². The Bertz CT molecular complexity index is 348. The molecule has 0 aliphatic heterocycles. The Morgan fingerprint density at radius 3 is 2.56 bits per heavy atom. The standard InChI is InChI=1S/C15H28O2Si/c1-12-7-8-14(11-13(12)9-10-16)17-18(5,6)15(2,3)4/h7,9,14,16H,8,10-11H2,1-6H3/b13-9+/t14-/m0/s1. The summed E-state index contributed by atoms with van der Waals surface area (Å²) in [6, 6.07) is 0. The van der Waals surface area contributed by atoms with E-state index in [9.17, 15) is 0 Å². The fourth-order valence-electron chi connectivity index (χ4n) is 1.97. The highest BCUT2D eigenvalue weighted by Gasteiger charge is 2.39. The molecular weight excluding hydrogens is 240 g/mol. The van der Waals surface area contributed by atoms with Crippen molar-refractivity contribution in [3.63, 3.8) is 0 Å². The third-order valence-electron chi connectivity index (χ3n) is 4.25. The van der Waals surface area contributed by atoms with Gasteiger partial charge in [0.05, 0.1) is 12.7 Å². The van der Waals surface area contributed by atoms with Crippen LogP contribution in [0, 0.1) is 0 Å². The lowest BCUT2D eigenvalue weighted by atomic mass is 9.92. The van der Waals surface area contributed by atoms with Crippen LogP contribution in [0.5, 0.6) is 0 Å². The van der Waals surface area contributed by atoms with Gasteiger partial charge in [0, 0.05) is 0 Å². The van der Waals surface area contributed by atoms with E-state index in [1.807, 2.05) is 6.08 Å².